The quantitative estimate of drug-likeness (QED) is 0.467. The summed E-state index contributed by atoms with van der Waals surface area (Å²) in [7, 11) is 0. The average Bonchev–Trinajstić information content (AvgIpc) is 3.45. The molecule has 160 valence electrons. The van der Waals surface area contributed by atoms with Crippen LogP contribution in [0.25, 0.3) is 16.6 Å². The topological polar surface area (TPSA) is 134 Å². The smallest absolute Gasteiger partial charge is 0.222 e. The van der Waals surface area contributed by atoms with Crippen LogP contribution in [0.1, 0.15) is 12.0 Å². The second-order valence-corrected chi connectivity index (χ2v) is 8.06. The number of nitrogens with one attached hydrogen (secondary N) is 1. The molecule has 1 aromatic heterocycles. The number of benzene rings is 2. The highest BCUT2D eigenvalue weighted by Gasteiger charge is 2.31. The number of hydrogen-bond acceptors (Lipinski definition) is 7. The average molecular weight is 419 g/mol. The fraction of sp³-hybridized carbons (Fsp3) is 0.273. The monoisotopic (exact) mass is 418 g/mol. The van der Waals surface area contributed by atoms with E-state index in [9.17, 15) is 4.79 Å². The van der Waals surface area contributed by atoms with Crippen molar-refractivity contribution in [2.45, 2.75) is 12.7 Å². The van der Waals surface area contributed by atoms with Gasteiger partial charge in [0.2, 0.25) is 5.91 Å². The first-order valence-electron chi connectivity index (χ1n) is 10.4. The van der Waals surface area contributed by atoms with Gasteiger partial charge in [0.1, 0.15) is 0 Å². The molecule has 9 nitrogen and oxygen atoms in total. The van der Waals surface area contributed by atoms with Gasteiger partial charge in [-0.05, 0) is 36.8 Å². The van der Waals surface area contributed by atoms with Crippen molar-refractivity contribution >= 4 is 33.9 Å². The summed E-state index contributed by atoms with van der Waals surface area (Å²) in [4.78, 5) is 15.9. The van der Waals surface area contributed by atoms with Crippen LogP contribution in [0.3, 0.4) is 0 Å². The second kappa shape index (κ2) is 7.60. The first-order chi connectivity index (χ1) is 15.0. The summed E-state index contributed by atoms with van der Waals surface area (Å²) in [5.74, 6) is 6.13. The van der Waals surface area contributed by atoms with Crippen molar-refractivity contribution in [2.75, 3.05) is 29.4 Å². The Bertz CT molecular complexity index is 1160. The molecule has 0 radical (unpaired) electrons. The molecule has 3 heterocycles. The van der Waals surface area contributed by atoms with Crippen molar-refractivity contribution < 1.29 is 4.79 Å². The third-order valence-corrected chi connectivity index (χ3v) is 6.23. The van der Waals surface area contributed by atoms with Crippen LogP contribution in [0.4, 0.5) is 11.4 Å². The lowest BCUT2D eigenvalue weighted by Crippen LogP contribution is -2.59. The minimum absolute atomic E-state index is 0.127. The Hall–Kier alpha value is -3.56. The molecule has 2 aliphatic rings. The van der Waals surface area contributed by atoms with E-state index in [0.29, 0.717) is 13.1 Å². The van der Waals surface area contributed by atoms with Crippen molar-refractivity contribution in [1.82, 2.24) is 15.2 Å². The Labute approximate surface area is 180 Å². The number of aromatic amines is 1. The number of H-pyrrole nitrogens is 1. The lowest BCUT2D eigenvalue weighted by molar-refractivity contribution is -0.121. The number of carbonyl (C=O) groups is 1. The molecule has 5 rings (SSSR count). The normalized spacial score (nSPS) is 21.6. The highest BCUT2D eigenvalue weighted by Crippen LogP contribution is 2.35. The molecule has 0 bridgehead atoms. The number of fused-ring (bicyclic) bond motifs is 1. The summed E-state index contributed by atoms with van der Waals surface area (Å²) in [6, 6.07) is 14.1. The van der Waals surface area contributed by atoms with Crippen LogP contribution in [-0.2, 0) is 4.79 Å². The van der Waals surface area contributed by atoms with Gasteiger partial charge in [0.15, 0.2) is 6.29 Å². The summed E-state index contributed by atoms with van der Waals surface area (Å²) in [5.41, 5.74) is 16.9. The van der Waals surface area contributed by atoms with Crippen LogP contribution in [0.15, 0.2) is 54.7 Å². The minimum Gasteiger partial charge on any atom is -0.370 e. The van der Waals surface area contributed by atoms with Crippen LogP contribution in [0.2, 0.25) is 0 Å². The fourth-order valence-corrected chi connectivity index (χ4v) is 4.48. The Morgan fingerprint density at radius 3 is 2.84 bits per heavy atom. The molecule has 2 aliphatic heterocycles. The van der Waals surface area contributed by atoms with Crippen LogP contribution >= 0.6 is 0 Å². The summed E-state index contributed by atoms with van der Waals surface area (Å²) in [6.07, 6.45) is 4.10. The molecule has 1 fully saturated rings. The molecule has 0 spiro atoms. The number of hydrogen-bond donors (Lipinski definition) is 4. The predicted molar refractivity (Wildman–Crippen MR) is 121 cm³/mol. The Morgan fingerprint density at radius 1 is 1.19 bits per heavy atom. The zero-order valence-electron chi connectivity index (χ0n) is 17.1. The molecule has 1 saturated heterocycles. The number of aromatic nitrogens is 2. The summed E-state index contributed by atoms with van der Waals surface area (Å²) in [6.45, 7) is 2.01. The first-order valence-corrected chi connectivity index (χ1v) is 10.4. The third kappa shape index (κ3) is 3.37. The molecule has 9 heteroatoms. The Kier molecular flexibility index (Phi) is 4.76. The van der Waals surface area contributed by atoms with E-state index in [1.54, 1.807) is 11.2 Å². The van der Waals surface area contributed by atoms with Crippen molar-refractivity contribution in [3.63, 3.8) is 0 Å². The van der Waals surface area contributed by atoms with E-state index in [1.165, 1.54) is 0 Å². The number of nitrogens with zero attached hydrogens (tertiary/aromatic N) is 4. The fourth-order valence-electron chi connectivity index (χ4n) is 4.48. The van der Waals surface area contributed by atoms with Gasteiger partial charge in [0.25, 0.3) is 0 Å². The van der Waals surface area contributed by atoms with E-state index < -0.39 is 6.29 Å². The van der Waals surface area contributed by atoms with Gasteiger partial charge >= 0.3 is 0 Å². The zero-order chi connectivity index (χ0) is 21.5. The Morgan fingerprint density at radius 2 is 2.03 bits per heavy atom. The van der Waals surface area contributed by atoms with Gasteiger partial charge in [-0.2, -0.15) is 5.10 Å². The van der Waals surface area contributed by atoms with Gasteiger partial charge in [-0.1, -0.05) is 18.2 Å². The van der Waals surface area contributed by atoms with E-state index in [0.717, 1.165) is 46.5 Å². The summed E-state index contributed by atoms with van der Waals surface area (Å²) in [5, 5.41) is 9.72. The van der Waals surface area contributed by atoms with Gasteiger partial charge < -0.3 is 15.5 Å². The molecule has 0 saturated carbocycles. The van der Waals surface area contributed by atoms with Crippen molar-refractivity contribution in [1.29, 1.82) is 0 Å². The summed E-state index contributed by atoms with van der Waals surface area (Å²) < 4.78 is 0. The maximum Gasteiger partial charge on any atom is 0.222 e. The number of carbonyl (C=O) groups excluding carboxylic acids is 1. The lowest BCUT2D eigenvalue weighted by Gasteiger charge is -2.42. The number of nitrogens with two attached hydrogens (primary N) is 3. The number of hydrazine groups is 1. The largest absolute Gasteiger partial charge is 0.370 e. The van der Waals surface area contributed by atoms with E-state index in [1.807, 2.05) is 41.3 Å². The maximum absolute atomic E-state index is 11.6. The van der Waals surface area contributed by atoms with Gasteiger partial charge in [0.05, 0.1) is 23.3 Å². The van der Waals surface area contributed by atoms with E-state index in [4.69, 9.17) is 17.3 Å². The van der Waals surface area contributed by atoms with Crippen LogP contribution < -0.4 is 27.1 Å². The van der Waals surface area contributed by atoms with Crippen LogP contribution in [0, 0.1) is 5.92 Å². The SMILES string of the molecule is NC(=O)C1CCN(c2ccccc2C2=CCN(c3ccc4cn[nH]c4c3)C(N)N2N)C1. The van der Waals surface area contributed by atoms with Gasteiger partial charge in [-0.15, -0.1) is 0 Å². The Balaban J connectivity index is 1.45. The van der Waals surface area contributed by atoms with Gasteiger partial charge in [-0.25, -0.2) is 5.84 Å². The number of primary amides is 1. The van der Waals surface area contributed by atoms with Gasteiger partial charge in [-0.3, -0.25) is 20.6 Å². The van der Waals surface area contributed by atoms with Gasteiger partial charge in [0, 0.05) is 42.0 Å². The number of rotatable bonds is 4. The van der Waals surface area contributed by atoms with Crippen molar-refractivity contribution in [3.8, 4) is 0 Å². The molecular formula is C22H26N8O. The maximum atomic E-state index is 11.6. The molecule has 2 unspecified atom stereocenters. The van der Waals surface area contributed by atoms with E-state index >= 15 is 0 Å². The molecule has 2 atom stereocenters. The molecule has 7 N–H and O–H groups in total. The molecule has 2 aromatic carbocycles. The van der Waals surface area contributed by atoms with Crippen molar-refractivity contribution in [2.24, 2.45) is 23.2 Å². The lowest BCUT2D eigenvalue weighted by atomic mass is 10.1. The molecule has 3 aromatic rings. The summed E-state index contributed by atoms with van der Waals surface area (Å²) >= 11 is 0. The van der Waals surface area contributed by atoms with E-state index in [-0.39, 0.29) is 11.8 Å². The third-order valence-electron chi connectivity index (χ3n) is 6.23. The molecule has 0 aliphatic carbocycles. The minimum atomic E-state index is -0.537. The zero-order valence-corrected chi connectivity index (χ0v) is 17.1. The van der Waals surface area contributed by atoms with E-state index in [2.05, 4.69) is 27.2 Å². The number of amides is 1. The first kappa shape index (κ1) is 19.4. The molecular weight excluding hydrogens is 392 g/mol. The standard InChI is InChI=1S/C22H26N8O/c23-21(31)15-7-9-28(13-15)19-4-2-1-3-17(19)20-8-10-29(22(24)30(20)25)16-6-5-14-12-26-27-18(14)11-16/h1-6,8,11-12,15,22H,7,9-10,13,24-25H2,(H2,23,31)(H,26,27). The highest BCUT2D eigenvalue weighted by atomic mass is 16.1. The number of anilines is 2. The predicted octanol–water partition coefficient (Wildman–Crippen LogP) is 1.15. The highest BCUT2D eigenvalue weighted by molar-refractivity contribution is 5.83. The number of para-hydroxylation sites is 1. The second-order valence-electron chi connectivity index (χ2n) is 8.06. The molecule has 31 heavy (non-hydrogen) atoms. The molecule has 1 amide bonds. The van der Waals surface area contributed by atoms with Crippen molar-refractivity contribution in [3.05, 3.63) is 60.3 Å². The van der Waals surface area contributed by atoms with Crippen LogP contribution in [-0.4, -0.2) is 47.0 Å². The van der Waals surface area contributed by atoms with Crippen LogP contribution in [0.5, 0.6) is 0 Å².